The summed E-state index contributed by atoms with van der Waals surface area (Å²) in [4.78, 5) is 27.3. The summed E-state index contributed by atoms with van der Waals surface area (Å²) in [5, 5.41) is 2.95. The highest BCUT2D eigenvalue weighted by molar-refractivity contribution is 9.10. The molecule has 0 saturated heterocycles. The van der Waals surface area contributed by atoms with E-state index in [4.69, 9.17) is 0 Å². The number of thioether (sulfide) groups is 1. The van der Waals surface area contributed by atoms with E-state index in [-0.39, 0.29) is 29.4 Å². The zero-order chi connectivity index (χ0) is 22.1. The first-order chi connectivity index (χ1) is 14.3. The molecule has 2 rings (SSSR count). The molecule has 0 aromatic heterocycles. The summed E-state index contributed by atoms with van der Waals surface area (Å²) in [7, 11) is 0. The zero-order valence-corrected chi connectivity index (χ0v) is 19.9. The lowest BCUT2D eigenvalue weighted by Crippen LogP contribution is -2.50. The van der Waals surface area contributed by atoms with E-state index in [0.717, 1.165) is 16.5 Å². The van der Waals surface area contributed by atoms with Crippen LogP contribution >= 0.6 is 27.7 Å². The molecule has 2 atom stereocenters. The van der Waals surface area contributed by atoms with Crippen molar-refractivity contribution in [2.45, 2.75) is 51.6 Å². The van der Waals surface area contributed by atoms with E-state index in [2.05, 4.69) is 21.2 Å². The Balaban J connectivity index is 2.08. The minimum absolute atomic E-state index is 0.0417. The number of carbonyl (C=O) groups excluding carboxylic acids is 2. The standard InChI is InChI=1S/C23H28BrFN2O2S/c1-4-16(2)26-23(29)17(3)27(13-18-9-11-20(24)12-10-18)22(28)15-30-14-19-7-5-6-8-21(19)25/h5-12,16-17H,4,13-15H2,1-3H3,(H,26,29)/t16-,17-/m0/s1. The Kier molecular flexibility index (Phi) is 9.85. The monoisotopic (exact) mass is 494 g/mol. The minimum atomic E-state index is -0.607. The molecule has 1 N–H and O–H groups in total. The Bertz CT molecular complexity index is 847. The van der Waals surface area contributed by atoms with Gasteiger partial charge >= 0.3 is 0 Å². The fourth-order valence-corrected chi connectivity index (χ4v) is 3.94. The molecule has 2 aromatic carbocycles. The van der Waals surface area contributed by atoms with Crippen LogP contribution < -0.4 is 5.32 Å². The van der Waals surface area contributed by atoms with Crippen molar-refractivity contribution in [3.05, 3.63) is 69.9 Å². The SMILES string of the molecule is CC[C@H](C)NC(=O)[C@H](C)N(Cc1ccc(Br)cc1)C(=O)CSCc1ccccc1F. The second-order valence-electron chi connectivity index (χ2n) is 7.23. The van der Waals surface area contributed by atoms with Crippen molar-refractivity contribution in [1.82, 2.24) is 10.2 Å². The zero-order valence-electron chi connectivity index (χ0n) is 17.5. The number of benzene rings is 2. The topological polar surface area (TPSA) is 49.4 Å². The molecular weight excluding hydrogens is 467 g/mol. The highest BCUT2D eigenvalue weighted by Gasteiger charge is 2.26. The minimum Gasteiger partial charge on any atom is -0.352 e. The van der Waals surface area contributed by atoms with Gasteiger partial charge in [0.05, 0.1) is 5.75 Å². The number of carbonyl (C=O) groups is 2. The van der Waals surface area contributed by atoms with E-state index in [1.807, 2.05) is 38.1 Å². The van der Waals surface area contributed by atoms with Crippen LogP contribution in [0.2, 0.25) is 0 Å². The summed E-state index contributed by atoms with van der Waals surface area (Å²) >= 11 is 4.76. The van der Waals surface area contributed by atoms with Crippen LogP contribution in [0, 0.1) is 5.82 Å². The van der Waals surface area contributed by atoms with Crippen molar-refractivity contribution < 1.29 is 14.0 Å². The first-order valence-corrected chi connectivity index (χ1v) is 11.9. The molecule has 0 saturated carbocycles. The van der Waals surface area contributed by atoms with Gasteiger partial charge in [0.2, 0.25) is 11.8 Å². The molecule has 0 fully saturated rings. The van der Waals surface area contributed by atoms with Gasteiger partial charge in [-0.25, -0.2) is 4.39 Å². The van der Waals surface area contributed by atoms with Crippen LogP contribution in [0.4, 0.5) is 4.39 Å². The van der Waals surface area contributed by atoms with Gasteiger partial charge in [-0.2, -0.15) is 0 Å². The van der Waals surface area contributed by atoms with Gasteiger partial charge < -0.3 is 10.2 Å². The van der Waals surface area contributed by atoms with E-state index in [1.165, 1.54) is 17.8 Å². The van der Waals surface area contributed by atoms with Crippen LogP contribution in [-0.4, -0.2) is 34.6 Å². The maximum absolute atomic E-state index is 13.8. The van der Waals surface area contributed by atoms with E-state index in [0.29, 0.717) is 17.9 Å². The van der Waals surface area contributed by atoms with Gasteiger partial charge in [0.25, 0.3) is 0 Å². The summed E-state index contributed by atoms with van der Waals surface area (Å²) in [5.74, 6) is -0.0190. The van der Waals surface area contributed by atoms with Crippen LogP contribution in [0.3, 0.4) is 0 Å². The molecular formula is C23H28BrFN2O2S. The van der Waals surface area contributed by atoms with Gasteiger partial charge in [-0.05, 0) is 49.6 Å². The van der Waals surface area contributed by atoms with Gasteiger partial charge in [-0.3, -0.25) is 9.59 Å². The fraction of sp³-hybridized carbons (Fsp3) is 0.391. The van der Waals surface area contributed by atoms with Crippen molar-refractivity contribution in [2.75, 3.05) is 5.75 Å². The normalized spacial score (nSPS) is 12.8. The summed E-state index contributed by atoms with van der Waals surface area (Å²) in [6, 6.07) is 13.7. The predicted molar refractivity (Wildman–Crippen MR) is 125 cm³/mol. The van der Waals surface area contributed by atoms with Gasteiger partial charge in [0.1, 0.15) is 11.9 Å². The fourth-order valence-electron chi connectivity index (χ4n) is 2.78. The number of nitrogens with one attached hydrogen (secondary N) is 1. The highest BCUT2D eigenvalue weighted by atomic mass is 79.9. The molecule has 30 heavy (non-hydrogen) atoms. The van der Waals surface area contributed by atoms with E-state index in [1.54, 1.807) is 30.0 Å². The number of amides is 2. The molecule has 2 amide bonds. The Morgan fingerprint density at radius 2 is 1.80 bits per heavy atom. The first kappa shape index (κ1) is 24.4. The molecule has 0 aliphatic rings. The van der Waals surface area contributed by atoms with Gasteiger partial charge in [0, 0.05) is 22.8 Å². The number of hydrogen-bond donors (Lipinski definition) is 1. The molecule has 0 aliphatic carbocycles. The molecule has 162 valence electrons. The van der Waals surface area contributed by atoms with E-state index < -0.39 is 6.04 Å². The van der Waals surface area contributed by atoms with Gasteiger partial charge in [-0.15, -0.1) is 11.8 Å². The summed E-state index contributed by atoms with van der Waals surface area (Å²) in [5.41, 5.74) is 1.51. The smallest absolute Gasteiger partial charge is 0.242 e. The van der Waals surface area contributed by atoms with Crippen LogP contribution in [0.15, 0.2) is 53.0 Å². The van der Waals surface area contributed by atoms with Crippen LogP contribution in [0.25, 0.3) is 0 Å². The van der Waals surface area contributed by atoms with E-state index in [9.17, 15) is 14.0 Å². The molecule has 0 unspecified atom stereocenters. The summed E-state index contributed by atoms with van der Waals surface area (Å²) < 4.78 is 14.8. The molecule has 7 heteroatoms. The second kappa shape index (κ2) is 12.1. The molecule has 2 aromatic rings. The largest absolute Gasteiger partial charge is 0.352 e. The Morgan fingerprint density at radius 1 is 1.13 bits per heavy atom. The highest BCUT2D eigenvalue weighted by Crippen LogP contribution is 2.19. The first-order valence-electron chi connectivity index (χ1n) is 9.97. The second-order valence-corrected chi connectivity index (χ2v) is 9.13. The molecule has 0 aliphatic heterocycles. The molecule has 4 nitrogen and oxygen atoms in total. The van der Waals surface area contributed by atoms with Crippen LogP contribution in [0.5, 0.6) is 0 Å². The van der Waals surface area contributed by atoms with Crippen LogP contribution in [-0.2, 0) is 21.9 Å². The van der Waals surface area contributed by atoms with Gasteiger partial charge in [0.15, 0.2) is 0 Å². The average Bonchev–Trinajstić information content (AvgIpc) is 2.73. The van der Waals surface area contributed by atoms with Crippen molar-refractivity contribution >= 4 is 39.5 Å². The number of nitrogens with zero attached hydrogens (tertiary/aromatic N) is 1. The number of halogens is 2. The van der Waals surface area contributed by atoms with Crippen molar-refractivity contribution in [3.63, 3.8) is 0 Å². The third-order valence-corrected chi connectivity index (χ3v) is 6.37. The summed E-state index contributed by atoms with van der Waals surface area (Å²) in [6.45, 7) is 6.02. The van der Waals surface area contributed by atoms with E-state index >= 15 is 0 Å². The maximum atomic E-state index is 13.8. The third-order valence-electron chi connectivity index (χ3n) is 4.88. The Labute approximate surface area is 190 Å². The molecule has 0 heterocycles. The maximum Gasteiger partial charge on any atom is 0.242 e. The predicted octanol–water partition coefficient (Wildman–Crippen LogP) is 5.15. The van der Waals surface area contributed by atoms with Crippen molar-refractivity contribution in [3.8, 4) is 0 Å². The summed E-state index contributed by atoms with van der Waals surface area (Å²) in [6.07, 6.45) is 0.817. The lowest BCUT2D eigenvalue weighted by Gasteiger charge is -2.29. The molecule has 0 bridgehead atoms. The molecule has 0 spiro atoms. The Hall–Kier alpha value is -1.86. The van der Waals surface area contributed by atoms with Crippen molar-refractivity contribution in [2.24, 2.45) is 0 Å². The third kappa shape index (κ3) is 7.43. The lowest BCUT2D eigenvalue weighted by atomic mass is 10.1. The molecule has 0 radical (unpaired) electrons. The van der Waals surface area contributed by atoms with Gasteiger partial charge in [-0.1, -0.05) is 53.2 Å². The Morgan fingerprint density at radius 3 is 2.43 bits per heavy atom. The number of rotatable bonds is 10. The average molecular weight is 495 g/mol. The lowest BCUT2D eigenvalue weighted by molar-refractivity contribution is -0.138. The van der Waals surface area contributed by atoms with Crippen molar-refractivity contribution in [1.29, 1.82) is 0 Å². The number of hydrogen-bond acceptors (Lipinski definition) is 3. The van der Waals surface area contributed by atoms with Crippen LogP contribution in [0.1, 0.15) is 38.3 Å². The quantitative estimate of drug-likeness (QED) is 0.496.